The predicted molar refractivity (Wildman–Crippen MR) is 116 cm³/mol. The van der Waals surface area contributed by atoms with Crippen LogP contribution in [0.3, 0.4) is 0 Å². The number of aromatic amines is 1. The monoisotopic (exact) mass is 392 g/mol. The van der Waals surface area contributed by atoms with Crippen LogP contribution >= 0.6 is 0 Å². The van der Waals surface area contributed by atoms with Crippen LogP contribution in [0.4, 0.5) is 5.69 Å². The number of anilines is 1. The fraction of sp³-hybridized carbons (Fsp3) is 0.375. The fourth-order valence-electron chi connectivity index (χ4n) is 4.18. The van der Waals surface area contributed by atoms with Gasteiger partial charge in [-0.25, -0.2) is 0 Å². The number of hydrogen-bond acceptors (Lipinski definition) is 4. The quantitative estimate of drug-likeness (QED) is 0.434. The molecule has 2 aromatic carbocycles. The van der Waals surface area contributed by atoms with Crippen molar-refractivity contribution < 1.29 is 14.3 Å². The number of benzene rings is 2. The van der Waals surface area contributed by atoms with Crippen LogP contribution in [-0.2, 0) is 16.0 Å². The van der Waals surface area contributed by atoms with Crippen LogP contribution in [0.25, 0.3) is 22.0 Å². The minimum Gasteiger partial charge on any atom is -0.490 e. The van der Waals surface area contributed by atoms with Crippen LogP contribution in [-0.4, -0.2) is 24.7 Å². The van der Waals surface area contributed by atoms with Crippen LogP contribution in [0.15, 0.2) is 42.6 Å². The summed E-state index contributed by atoms with van der Waals surface area (Å²) in [6.07, 6.45) is 7.87. The maximum atomic E-state index is 11.6. The van der Waals surface area contributed by atoms with Crippen LogP contribution in [0.1, 0.15) is 37.7 Å². The normalized spacial score (nSPS) is 14.4. The van der Waals surface area contributed by atoms with Gasteiger partial charge >= 0.3 is 5.97 Å². The van der Waals surface area contributed by atoms with Gasteiger partial charge in [0.2, 0.25) is 0 Å². The number of ether oxygens (including phenoxy) is 2. The lowest BCUT2D eigenvalue weighted by atomic mass is 9.97. The summed E-state index contributed by atoms with van der Waals surface area (Å²) in [7, 11) is 1.41. The Hall–Kier alpha value is -2.95. The summed E-state index contributed by atoms with van der Waals surface area (Å²) >= 11 is 0. The van der Waals surface area contributed by atoms with Gasteiger partial charge in [-0.05, 0) is 72.0 Å². The molecule has 1 aromatic heterocycles. The van der Waals surface area contributed by atoms with E-state index in [9.17, 15) is 4.79 Å². The molecule has 0 amide bonds. The lowest BCUT2D eigenvalue weighted by Gasteiger charge is -2.18. The molecule has 5 nitrogen and oxygen atoms in total. The number of aromatic nitrogens is 1. The molecule has 0 aliphatic heterocycles. The first-order valence-corrected chi connectivity index (χ1v) is 10.3. The number of carbonyl (C=O) groups is 1. The second kappa shape index (κ2) is 8.60. The first kappa shape index (κ1) is 19.4. The molecule has 1 heterocycles. The van der Waals surface area contributed by atoms with Crippen molar-refractivity contribution in [1.29, 1.82) is 0 Å². The Bertz CT molecular complexity index is 1000. The smallest absolute Gasteiger partial charge is 0.305 e. The number of carbonyl (C=O) groups excluding carboxylic acids is 1. The lowest BCUT2D eigenvalue weighted by molar-refractivity contribution is -0.140. The summed E-state index contributed by atoms with van der Waals surface area (Å²) in [5.41, 5.74) is 11.2. The standard InChI is InChI=1S/C24H28N2O3/c1-28-23(27)9-6-17-12-20(18-7-8-22-19(14-18)10-11-26-22)24(21(25)13-17)29-15-16-4-2-3-5-16/h7-8,10-14,16,26H,2-6,9,15,25H2,1H3. The number of nitrogen functional groups attached to an aromatic ring is 1. The van der Waals surface area contributed by atoms with E-state index >= 15 is 0 Å². The van der Waals surface area contributed by atoms with Crippen molar-refractivity contribution in [2.45, 2.75) is 38.5 Å². The molecule has 152 valence electrons. The molecule has 0 spiro atoms. The number of H-pyrrole nitrogens is 1. The number of fused-ring (bicyclic) bond motifs is 1. The van der Waals surface area contributed by atoms with Crippen molar-refractivity contribution in [2.24, 2.45) is 5.92 Å². The molecule has 1 saturated carbocycles. The number of methoxy groups -OCH3 is 1. The molecule has 4 rings (SSSR count). The minimum absolute atomic E-state index is 0.222. The third-order valence-electron chi connectivity index (χ3n) is 5.83. The molecule has 3 N–H and O–H groups in total. The first-order chi connectivity index (χ1) is 14.1. The molecule has 29 heavy (non-hydrogen) atoms. The Balaban J connectivity index is 1.68. The van der Waals surface area contributed by atoms with Gasteiger partial charge in [-0.2, -0.15) is 0 Å². The van der Waals surface area contributed by atoms with Gasteiger partial charge < -0.3 is 20.2 Å². The van der Waals surface area contributed by atoms with E-state index in [0.29, 0.717) is 31.1 Å². The van der Waals surface area contributed by atoms with Gasteiger partial charge in [0.15, 0.2) is 0 Å². The Labute approximate surface area is 171 Å². The average molecular weight is 392 g/mol. The van der Waals surface area contributed by atoms with E-state index in [1.807, 2.05) is 12.3 Å². The predicted octanol–water partition coefficient (Wildman–Crippen LogP) is 5.09. The van der Waals surface area contributed by atoms with Gasteiger partial charge in [0.1, 0.15) is 5.75 Å². The zero-order chi connectivity index (χ0) is 20.2. The number of aryl methyl sites for hydroxylation is 1. The number of hydrogen-bond donors (Lipinski definition) is 2. The highest BCUT2D eigenvalue weighted by Gasteiger charge is 2.19. The van der Waals surface area contributed by atoms with Crippen molar-refractivity contribution in [1.82, 2.24) is 4.98 Å². The molecule has 1 aliphatic rings. The second-order valence-electron chi connectivity index (χ2n) is 7.88. The Morgan fingerprint density at radius 2 is 2.00 bits per heavy atom. The molecule has 0 unspecified atom stereocenters. The molecule has 5 heteroatoms. The van der Waals surface area contributed by atoms with Gasteiger partial charge in [0.05, 0.1) is 19.4 Å². The molecule has 0 radical (unpaired) electrons. The van der Waals surface area contributed by atoms with Gasteiger partial charge in [0.25, 0.3) is 0 Å². The van der Waals surface area contributed by atoms with Crippen molar-refractivity contribution in [3.8, 4) is 16.9 Å². The van der Waals surface area contributed by atoms with E-state index < -0.39 is 0 Å². The summed E-state index contributed by atoms with van der Waals surface area (Å²) in [4.78, 5) is 14.8. The first-order valence-electron chi connectivity index (χ1n) is 10.3. The minimum atomic E-state index is -0.222. The average Bonchev–Trinajstić information content (AvgIpc) is 3.41. The topological polar surface area (TPSA) is 77.3 Å². The summed E-state index contributed by atoms with van der Waals surface area (Å²) < 4.78 is 11.1. The summed E-state index contributed by atoms with van der Waals surface area (Å²) in [5, 5.41) is 1.14. The molecule has 1 aliphatic carbocycles. The third-order valence-corrected chi connectivity index (χ3v) is 5.83. The Morgan fingerprint density at radius 3 is 2.79 bits per heavy atom. The molecule has 3 aromatic rings. The maximum absolute atomic E-state index is 11.6. The van der Waals surface area contributed by atoms with Gasteiger partial charge in [0, 0.05) is 23.7 Å². The van der Waals surface area contributed by atoms with Crippen LogP contribution in [0.5, 0.6) is 5.75 Å². The Kier molecular flexibility index (Phi) is 5.74. The zero-order valence-electron chi connectivity index (χ0n) is 16.9. The van der Waals surface area contributed by atoms with E-state index in [1.54, 1.807) is 0 Å². The van der Waals surface area contributed by atoms with E-state index in [4.69, 9.17) is 15.2 Å². The van der Waals surface area contributed by atoms with E-state index in [-0.39, 0.29) is 5.97 Å². The highest BCUT2D eigenvalue weighted by Crippen LogP contribution is 2.39. The maximum Gasteiger partial charge on any atom is 0.305 e. The number of esters is 1. The highest BCUT2D eigenvalue weighted by molar-refractivity contribution is 5.88. The molecular formula is C24H28N2O3. The molecule has 0 bridgehead atoms. The van der Waals surface area contributed by atoms with Crippen LogP contribution in [0.2, 0.25) is 0 Å². The van der Waals surface area contributed by atoms with Gasteiger partial charge in [-0.15, -0.1) is 0 Å². The fourth-order valence-corrected chi connectivity index (χ4v) is 4.18. The lowest BCUT2D eigenvalue weighted by Crippen LogP contribution is -2.10. The number of nitrogens with two attached hydrogens (primary N) is 1. The highest BCUT2D eigenvalue weighted by atomic mass is 16.5. The van der Waals surface area contributed by atoms with E-state index in [1.165, 1.54) is 32.8 Å². The summed E-state index contributed by atoms with van der Waals surface area (Å²) in [6.45, 7) is 0.700. The third kappa shape index (κ3) is 4.39. The molecule has 0 atom stereocenters. The second-order valence-corrected chi connectivity index (χ2v) is 7.88. The van der Waals surface area contributed by atoms with E-state index in [2.05, 4.69) is 35.3 Å². The van der Waals surface area contributed by atoms with Gasteiger partial charge in [-0.3, -0.25) is 4.79 Å². The molecular weight excluding hydrogens is 364 g/mol. The summed E-state index contributed by atoms with van der Waals surface area (Å²) in [6, 6.07) is 12.4. The van der Waals surface area contributed by atoms with Crippen molar-refractivity contribution in [2.75, 3.05) is 19.5 Å². The molecule has 0 saturated heterocycles. The Morgan fingerprint density at radius 1 is 1.17 bits per heavy atom. The zero-order valence-corrected chi connectivity index (χ0v) is 16.9. The number of rotatable bonds is 7. The molecule has 1 fully saturated rings. The SMILES string of the molecule is COC(=O)CCc1cc(N)c(OCC2CCCC2)c(-c2ccc3[nH]ccc3c2)c1. The summed E-state index contributed by atoms with van der Waals surface area (Å²) in [5.74, 6) is 1.13. The van der Waals surface area contributed by atoms with E-state index in [0.717, 1.165) is 33.3 Å². The largest absolute Gasteiger partial charge is 0.490 e. The number of nitrogens with one attached hydrogen (secondary N) is 1. The van der Waals surface area contributed by atoms with Gasteiger partial charge in [-0.1, -0.05) is 18.9 Å². The van der Waals surface area contributed by atoms with Crippen molar-refractivity contribution in [3.05, 3.63) is 48.2 Å². The van der Waals surface area contributed by atoms with Crippen molar-refractivity contribution in [3.63, 3.8) is 0 Å². The van der Waals surface area contributed by atoms with Crippen LogP contribution < -0.4 is 10.5 Å². The van der Waals surface area contributed by atoms with Crippen molar-refractivity contribution >= 4 is 22.6 Å². The van der Waals surface area contributed by atoms with Crippen LogP contribution in [0, 0.1) is 5.92 Å².